The van der Waals surface area contributed by atoms with E-state index in [0.717, 1.165) is 4.90 Å². The fraction of sp³-hybridized carbons (Fsp3) is 0.579. The SMILES string of the molecule is CN(CC(O)C(O)C(O)C(O)CO)C(=O)C1CC(=O)N(c2ccc3c(c2)OCO3)C1. The number of ether oxygens (including phenoxy) is 2. The number of amides is 2. The van der Waals surface area contributed by atoms with E-state index in [1.807, 2.05) is 0 Å². The minimum Gasteiger partial charge on any atom is -0.454 e. The highest BCUT2D eigenvalue weighted by Gasteiger charge is 2.38. The summed E-state index contributed by atoms with van der Waals surface area (Å²) in [6.45, 7) is -0.869. The van der Waals surface area contributed by atoms with Gasteiger partial charge < -0.3 is 44.8 Å². The summed E-state index contributed by atoms with van der Waals surface area (Å²) in [4.78, 5) is 27.8. The highest BCUT2D eigenvalue weighted by molar-refractivity contribution is 6.00. The highest BCUT2D eigenvalue weighted by Crippen LogP contribution is 2.37. The molecule has 0 bridgehead atoms. The van der Waals surface area contributed by atoms with Crippen molar-refractivity contribution in [3.05, 3.63) is 18.2 Å². The maximum atomic E-state index is 12.7. The molecule has 2 aliphatic heterocycles. The maximum Gasteiger partial charge on any atom is 0.231 e. The van der Waals surface area contributed by atoms with Gasteiger partial charge in [-0.3, -0.25) is 9.59 Å². The van der Waals surface area contributed by atoms with Crippen molar-refractivity contribution < 1.29 is 44.6 Å². The number of aliphatic hydroxyl groups is 5. The van der Waals surface area contributed by atoms with Crippen molar-refractivity contribution in [2.75, 3.05) is 38.4 Å². The Morgan fingerprint density at radius 3 is 2.53 bits per heavy atom. The molecule has 2 aliphatic rings. The Morgan fingerprint density at radius 1 is 1.17 bits per heavy atom. The largest absolute Gasteiger partial charge is 0.454 e. The minimum atomic E-state index is -1.77. The van der Waals surface area contributed by atoms with E-state index >= 15 is 0 Å². The molecule has 1 aromatic rings. The van der Waals surface area contributed by atoms with Crippen LogP contribution < -0.4 is 14.4 Å². The van der Waals surface area contributed by atoms with E-state index < -0.39 is 42.8 Å². The molecule has 5 atom stereocenters. The molecule has 2 heterocycles. The van der Waals surface area contributed by atoms with Crippen LogP contribution >= 0.6 is 0 Å². The second-order valence-electron chi connectivity index (χ2n) is 7.46. The molecular weight excluding hydrogens is 400 g/mol. The van der Waals surface area contributed by atoms with Gasteiger partial charge in [-0.2, -0.15) is 0 Å². The lowest BCUT2D eigenvalue weighted by atomic mass is 10.0. The van der Waals surface area contributed by atoms with Gasteiger partial charge in [-0.15, -0.1) is 0 Å². The molecule has 5 unspecified atom stereocenters. The second kappa shape index (κ2) is 9.14. The van der Waals surface area contributed by atoms with Crippen LogP contribution in [0.25, 0.3) is 0 Å². The first-order valence-corrected chi connectivity index (χ1v) is 9.51. The van der Waals surface area contributed by atoms with Gasteiger partial charge in [-0.05, 0) is 12.1 Å². The number of hydrogen-bond donors (Lipinski definition) is 5. The number of anilines is 1. The van der Waals surface area contributed by atoms with Crippen LogP contribution in [0.15, 0.2) is 18.2 Å². The number of nitrogens with zero attached hydrogens (tertiary/aromatic N) is 2. The number of hydrogen-bond acceptors (Lipinski definition) is 9. The molecule has 0 saturated carbocycles. The lowest BCUT2D eigenvalue weighted by molar-refractivity contribution is -0.141. The second-order valence-corrected chi connectivity index (χ2v) is 7.46. The average Bonchev–Trinajstić information content (AvgIpc) is 3.36. The molecule has 1 aromatic carbocycles. The van der Waals surface area contributed by atoms with Gasteiger partial charge in [-0.25, -0.2) is 0 Å². The maximum absolute atomic E-state index is 12.7. The van der Waals surface area contributed by atoms with Crippen molar-refractivity contribution in [2.45, 2.75) is 30.8 Å². The average molecular weight is 426 g/mol. The topological polar surface area (TPSA) is 160 Å². The Balaban J connectivity index is 1.59. The molecule has 5 N–H and O–H groups in total. The molecule has 1 saturated heterocycles. The van der Waals surface area contributed by atoms with E-state index in [0.29, 0.717) is 17.2 Å². The monoisotopic (exact) mass is 426 g/mol. The summed E-state index contributed by atoms with van der Waals surface area (Å²) in [7, 11) is 1.40. The summed E-state index contributed by atoms with van der Waals surface area (Å²) >= 11 is 0. The summed E-state index contributed by atoms with van der Waals surface area (Å²) in [5.41, 5.74) is 0.582. The van der Waals surface area contributed by atoms with Gasteiger partial charge >= 0.3 is 0 Å². The smallest absolute Gasteiger partial charge is 0.231 e. The third kappa shape index (κ3) is 4.50. The van der Waals surface area contributed by atoms with Crippen molar-refractivity contribution in [1.29, 1.82) is 0 Å². The number of fused-ring (bicyclic) bond motifs is 1. The van der Waals surface area contributed by atoms with Crippen LogP contribution in [0, 0.1) is 5.92 Å². The van der Waals surface area contributed by atoms with Crippen molar-refractivity contribution in [3.63, 3.8) is 0 Å². The lowest BCUT2D eigenvalue weighted by Crippen LogP contribution is -2.50. The molecule has 2 amide bonds. The third-order valence-electron chi connectivity index (χ3n) is 5.30. The van der Waals surface area contributed by atoms with Crippen LogP contribution in [0.5, 0.6) is 11.5 Å². The fourth-order valence-corrected chi connectivity index (χ4v) is 3.53. The molecule has 30 heavy (non-hydrogen) atoms. The zero-order valence-corrected chi connectivity index (χ0v) is 16.4. The van der Waals surface area contributed by atoms with Crippen molar-refractivity contribution >= 4 is 17.5 Å². The van der Waals surface area contributed by atoms with Gasteiger partial charge in [-0.1, -0.05) is 0 Å². The Morgan fingerprint density at radius 2 is 1.83 bits per heavy atom. The van der Waals surface area contributed by atoms with Crippen LogP contribution in [0.3, 0.4) is 0 Å². The van der Waals surface area contributed by atoms with Crippen LogP contribution in [-0.2, 0) is 9.59 Å². The molecule has 0 aliphatic carbocycles. The van der Waals surface area contributed by atoms with E-state index in [1.165, 1.54) is 11.9 Å². The van der Waals surface area contributed by atoms with Gasteiger partial charge in [0.2, 0.25) is 18.6 Å². The van der Waals surface area contributed by atoms with E-state index in [2.05, 4.69) is 0 Å². The first-order chi connectivity index (χ1) is 14.2. The predicted molar refractivity (Wildman–Crippen MR) is 102 cm³/mol. The molecule has 11 nitrogen and oxygen atoms in total. The number of benzene rings is 1. The normalized spacial score (nSPS) is 22.0. The first kappa shape index (κ1) is 22.2. The third-order valence-corrected chi connectivity index (χ3v) is 5.30. The number of carbonyl (C=O) groups is 2. The summed E-state index contributed by atoms with van der Waals surface area (Å²) in [5, 5.41) is 47.9. The van der Waals surface area contributed by atoms with Gasteiger partial charge in [0.1, 0.15) is 24.4 Å². The molecule has 0 radical (unpaired) electrons. The molecule has 0 spiro atoms. The molecule has 3 rings (SSSR count). The van der Waals surface area contributed by atoms with Crippen molar-refractivity contribution in [2.24, 2.45) is 5.92 Å². The quantitative estimate of drug-likeness (QED) is 0.307. The van der Waals surface area contributed by atoms with Crippen LogP contribution in [-0.4, -0.2) is 100 Å². The molecule has 1 fully saturated rings. The van der Waals surface area contributed by atoms with Crippen LogP contribution in [0.4, 0.5) is 5.69 Å². The molecular formula is C19H26N2O9. The summed E-state index contributed by atoms with van der Waals surface area (Å²) in [5.74, 6) is -0.185. The van der Waals surface area contributed by atoms with Gasteiger partial charge in [0, 0.05) is 38.3 Å². The van der Waals surface area contributed by atoms with Crippen LogP contribution in [0.1, 0.15) is 6.42 Å². The van der Waals surface area contributed by atoms with Crippen molar-refractivity contribution in [3.8, 4) is 11.5 Å². The molecule has 0 aromatic heterocycles. The molecule has 11 heteroatoms. The van der Waals surface area contributed by atoms with Gasteiger partial charge in [0.15, 0.2) is 11.5 Å². The van der Waals surface area contributed by atoms with Gasteiger partial charge in [0.25, 0.3) is 0 Å². The Bertz CT molecular complexity index is 789. The first-order valence-electron chi connectivity index (χ1n) is 9.51. The Labute approximate surface area is 172 Å². The number of aliphatic hydroxyl groups excluding tert-OH is 5. The lowest BCUT2D eigenvalue weighted by Gasteiger charge is -2.29. The Hall–Kier alpha value is -2.44. The van der Waals surface area contributed by atoms with E-state index in [1.54, 1.807) is 18.2 Å². The fourth-order valence-electron chi connectivity index (χ4n) is 3.53. The minimum absolute atomic E-state index is 0.0118. The summed E-state index contributed by atoms with van der Waals surface area (Å²) in [6.07, 6.45) is -6.74. The Kier molecular flexibility index (Phi) is 6.78. The number of likely N-dealkylation sites (N-methyl/N-ethyl adjacent to an activating group) is 1. The summed E-state index contributed by atoms with van der Waals surface area (Å²) < 4.78 is 10.6. The molecule has 166 valence electrons. The predicted octanol–water partition coefficient (Wildman–Crippen LogP) is -2.34. The van der Waals surface area contributed by atoms with Crippen molar-refractivity contribution in [1.82, 2.24) is 4.90 Å². The van der Waals surface area contributed by atoms with Crippen LogP contribution in [0.2, 0.25) is 0 Å². The number of carbonyl (C=O) groups excluding carboxylic acids is 2. The number of rotatable bonds is 8. The van der Waals surface area contributed by atoms with E-state index in [-0.39, 0.29) is 32.2 Å². The zero-order valence-electron chi connectivity index (χ0n) is 16.4. The van der Waals surface area contributed by atoms with E-state index in [9.17, 15) is 30.0 Å². The zero-order chi connectivity index (χ0) is 22.0. The standard InChI is InChI=1S/C19H26N2O9/c1-20(7-12(23)17(26)18(27)13(24)8-22)19(28)10-4-16(25)21(6-10)11-2-3-14-15(5-11)30-9-29-14/h2-3,5,10,12-13,17-18,22-24,26-27H,4,6-9H2,1H3. The highest BCUT2D eigenvalue weighted by atomic mass is 16.7. The summed E-state index contributed by atoms with van der Waals surface area (Å²) in [6, 6.07) is 5.07. The van der Waals surface area contributed by atoms with Gasteiger partial charge in [0.05, 0.1) is 12.5 Å². The van der Waals surface area contributed by atoms with E-state index in [4.69, 9.17) is 14.6 Å².